The summed E-state index contributed by atoms with van der Waals surface area (Å²) in [7, 11) is 0. The van der Waals surface area contributed by atoms with Crippen LogP contribution in [0.25, 0.3) is 0 Å². The largest absolute Gasteiger partial charge is 0.383 e. The third kappa shape index (κ3) is 2.55. The topological polar surface area (TPSA) is 103 Å². The lowest BCUT2D eigenvalue weighted by molar-refractivity contribution is 0.921. The number of nitrogen functional groups attached to an aromatic ring is 1. The summed E-state index contributed by atoms with van der Waals surface area (Å²) in [5.74, 6) is 0.728. The van der Waals surface area contributed by atoms with E-state index in [-0.39, 0.29) is 18.9 Å². The van der Waals surface area contributed by atoms with E-state index in [0.717, 1.165) is 0 Å². The summed E-state index contributed by atoms with van der Waals surface area (Å²) in [6.07, 6.45) is 1.29. The number of hydrogen-bond donors (Lipinski definition) is 1. The second-order valence-corrected chi connectivity index (χ2v) is 3.36. The number of halogens is 1. The number of nitriles is 2. The summed E-state index contributed by atoms with van der Waals surface area (Å²) in [5.41, 5.74) is 5.56. The molecule has 15 heavy (non-hydrogen) atoms. The summed E-state index contributed by atoms with van der Waals surface area (Å²) in [5, 5.41) is 17.2. The third-order valence-corrected chi connectivity index (χ3v) is 2.38. The third-order valence-electron chi connectivity index (χ3n) is 1.62. The average molecular weight is 267 g/mol. The molecular formula is C8H7BrN6. The van der Waals surface area contributed by atoms with E-state index in [2.05, 4.69) is 25.9 Å². The molecule has 0 aliphatic rings. The number of nitrogens with two attached hydrogens (primary N) is 1. The fourth-order valence-corrected chi connectivity index (χ4v) is 1.43. The van der Waals surface area contributed by atoms with E-state index >= 15 is 0 Å². The average Bonchev–Trinajstić information content (AvgIpc) is 2.22. The molecule has 7 heteroatoms. The molecule has 1 aromatic heterocycles. The van der Waals surface area contributed by atoms with Gasteiger partial charge in [0.1, 0.15) is 35.5 Å². The van der Waals surface area contributed by atoms with Gasteiger partial charge in [-0.3, -0.25) is 0 Å². The highest BCUT2D eigenvalue weighted by molar-refractivity contribution is 9.10. The van der Waals surface area contributed by atoms with E-state index in [1.165, 1.54) is 11.2 Å². The van der Waals surface area contributed by atoms with E-state index in [1.807, 2.05) is 12.1 Å². The fourth-order valence-electron chi connectivity index (χ4n) is 0.970. The smallest absolute Gasteiger partial charge is 0.150 e. The molecule has 0 aliphatic heterocycles. The van der Waals surface area contributed by atoms with Crippen LogP contribution in [0.2, 0.25) is 0 Å². The molecule has 0 unspecified atom stereocenters. The van der Waals surface area contributed by atoms with E-state index in [4.69, 9.17) is 16.3 Å². The summed E-state index contributed by atoms with van der Waals surface area (Å²) in [6.45, 7) is 0.144. The second kappa shape index (κ2) is 5.13. The molecule has 2 N–H and O–H groups in total. The monoisotopic (exact) mass is 266 g/mol. The normalized spacial score (nSPS) is 9.00. The predicted octanol–water partition coefficient (Wildman–Crippen LogP) is 0.675. The molecule has 0 fully saturated rings. The lowest BCUT2D eigenvalue weighted by Gasteiger charge is -2.18. The van der Waals surface area contributed by atoms with Crippen LogP contribution in [0, 0.1) is 22.7 Å². The van der Waals surface area contributed by atoms with Crippen LogP contribution >= 0.6 is 15.9 Å². The maximum absolute atomic E-state index is 8.59. The molecule has 0 saturated carbocycles. The van der Waals surface area contributed by atoms with Crippen molar-refractivity contribution in [3.63, 3.8) is 0 Å². The molecular weight excluding hydrogens is 260 g/mol. The predicted molar refractivity (Wildman–Crippen MR) is 57.6 cm³/mol. The molecule has 6 nitrogen and oxygen atoms in total. The number of aromatic nitrogens is 2. The molecule has 76 valence electrons. The highest BCUT2D eigenvalue weighted by atomic mass is 79.9. The van der Waals surface area contributed by atoms with Gasteiger partial charge in [0.05, 0.1) is 12.1 Å². The Hall–Kier alpha value is -1.86. The van der Waals surface area contributed by atoms with E-state index in [0.29, 0.717) is 10.3 Å². The van der Waals surface area contributed by atoms with Crippen molar-refractivity contribution < 1.29 is 0 Å². The molecule has 0 saturated heterocycles. The summed E-state index contributed by atoms with van der Waals surface area (Å²) >= 11 is 3.21. The molecule has 0 atom stereocenters. The van der Waals surface area contributed by atoms with Crippen LogP contribution in [0.15, 0.2) is 10.8 Å². The van der Waals surface area contributed by atoms with E-state index < -0.39 is 0 Å². The Morgan fingerprint density at radius 3 is 2.47 bits per heavy atom. The lowest BCUT2D eigenvalue weighted by Crippen LogP contribution is -2.25. The van der Waals surface area contributed by atoms with Gasteiger partial charge in [0.15, 0.2) is 0 Å². The standard InChI is InChI=1S/C8H7BrN6/c9-6-7(12)13-5-14-8(6)15(3-1-10)4-2-11/h5H,3-4H2,(H2,12,13,14). The van der Waals surface area contributed by atoms with Crippen LogP contribution in [0.4, 0.5) is 11.6 Å². The summed E-state index contributed by atoms with van der Waals surface area (Å²) in [4.78, 5) is 9.23. The van der Waals surface area contributed by atoms with Crippen molar-refractivity contribution in [2.75, 3.05) is 23.7 Å². The minimum absolute atomic E-state index is 0.0720. The van der Waals surface area contributed by atoms with Gasteiger partial charge in [0.25, 0.3) is 0 Å². The molecule has 0 radical (unpaired) electrons. The first kappa shape index (κ1) is 11.2. The van der Waals surface area contributed by atoms with Crippen LogP contribution in [-0.4, -0.2) is 23.1 Å². The maximum Gasteiger partial charge on any atom is 0.150 e. The number of hydrogen-bond acceptors (Lipinski definition) is 6. The first-order chi connectivity index (χ1) is 7.20. The van der Waals surface area contributed by atoms with Gasteiger partial charge in [-0.2, -0.15) is 10.5 Å². The minimum atomic E-state index is 0.0720. The molecule has 1 heterocycles. The van der Waals surface area contributed by atoms with Gasteiger partial charge < -0.3 is 10.6 Å². The molecule has 0 bridgehead atoms. The number of anilines is 2. The molecule has 1 rings (SSSR count). The van der Waals surface area contributed by atoms with Gasteiger partial charge in [-0.05, 0) is 15.9 Å². The molecule has 1 aromatic rings. The fraction of sp³-hybridized carbons (Fsp3) is 0.250. The summed E-state index contributed by atoms with van der Waals surface area (Å²) < 4.78 is 0.496. The Balaban J connectivity index is 3.07. The number of rotatable bonds is 3. The first-order valence-corrected chi connectivity index (χ1v) is 4.74. The Bertz CT molecular complexity index is 416. The zero-order valence-corrected chi connectivity index (χ0v) is 9.27. The van der Waals surface area contributed by atoms with Crippen LogP contribution in [0.5, 0.6) is 0 Å². The Labute approximate surface area is 95.1 Å². The van der Waals surface area contributed by atoms with Gasteiger partial charge in [-0.25, -0.2) is 9.97 Å². The van der Waals surface area contributed by atoms with Crippen molar-refractivity contribution in [2.24, 2.45) is 0 Å². The molecule has 0 aliphatic carbocycles. The van der Waals surface area contributed by atoms with E-state index in [9.17, 15) is 0 Å². The lowest BCUT2D eigenvalue weighted by atomic mass is 10.4. The highest BCUT2D eigenvalue weighted by Crippen LogP contribution is 2.26. The van der Waals surface area contributed by atoms with Crippen LogP contribution in [-0.2, 0) is 0 Å². The Kier molecular flexibility index (Phi) is 3.83. The van der Waals surface area contributed by atoms with Crippen molar-refractivity contribution >= 4 is 27.6 Å². The zero-order chi connectivity index (χ0) is 11.3. The highest BCUT2D eigenvalue weighted by Gasteiger charge is 2.13. The van der Waals surface area contributed by atoms with Crippen molar-refractivity contribution in [2.45, 2.75) is 0 Å². The van der Waals surface area contributed by atoms with Crippen LogP contribution in [0.3, 0.4) is 0 Å². The van der Waals surface area contributed by atoms with E-state index in [1.54, 1.807) is 0 Å². The molecule has 0 amide bonds. The van der Waals surface area contributed by atoms with Crippen LogP contribution < -0.4 is 10.6 Å². The quantitative estimate of drug-likeness (QED) is 0.807. The van der Waals surface area contributed by atoms with Gasteiger partial charge in [-0.1, -0.05) is 0 Å². The Morgan fingerprint density at radius 2 is 1.93 bits per heavy atom. The van der Waals surface area contributed by atoms with Gasteiger partial charge >= 0.3 is 0 Å². The number of nitrogens with zero attached hydrogens (tertiary/aromatic N) is 5. The van der Waals surface area contributed by atoms with Crippen molar-refractivity contribution in [3.8, 4) is 12.1 Å². The van der Waals surface area contributed by atoms with Crippen molar-refractivity contribution in [1.82, 2.24) is 9.97 Å². The second-order valence-electron chi connectivity index (χ2n) is 2.57. The first-order valence-electron chi connectivity index (χ1n) is 3.95. The SMILES string of the molecule is N#CCN(CC#N)c1ncnc(N)c1Br. The van der Waals surface area contributed by atoms with Crippen LogP contribution in [0.1, 0.15) is 0 Å². The molecule has 0 spiro atoms. The Morgan fingerprint density at radius 1 is 1.33 bits per heavy atom. The maximum atomic E-state index is 8.59. The van der Waals surface area contributed by atoms with Crippen molar-refractivity contribution in [3.05, 3.63) is 10.8 Å². The summed E-state index contributed by atoms with van der Waals surface area (Å²) in [6, 6.07) is 3.90. The zero-order valence-electron chi connectivity index (χ0n) is 7.68. The van der Waals surface area contributed by atoms with Crippen molar-refractivity contribution in [1.29, 1.82) is 10.5 Å². The van der Waals surface area contributed by atoms with Gasteiger partial charge in [0.2, 0.25) is 0 Å². The minimum Gasteiger partial charge on any atom is -0.383 e. The molecule has 0 aromatic carbocycles. The van der Waals surface area contributed by atoms with Gasteiger partial charge in [0, 0.05) is 0 Å². The van der Waals surface area contributed by atoms with Gasteiger partial charge in [-0.15, -0.1) is 0 Å².